The largest absolute Gasteiger partial charge is 0.496 e. The summed E-state index contributed by atoms with van der Waals surface area (Å²) in [6.45, 7) is 4.29. The third-order valence-corrected chi connectivity index (χ3v) is 5.74. The molecule has 0 radical (unpaired) electrons. The average Bonchev–Trinajstić information content (AvgIpc) is 2.67. The Morgan fingerprint density at radius 3 is 2.50 bits per heavy atom. The van der Waals surface area contributed by atoms with Gasteiger partial charge in [0.15, 0.2) is 0 Å². The Morgan fingerprint density at radius 2 is 1.94 bits per heavy atom. The third-order valence-electron chi connectivity index (χ3n) is 2.78. The van der Waals surface area contributed by atoms with E-state index in [9.17, 15) is 0 Å². The Morgan fingerprint density at radius 1 is 1.22 bits per heavy atom. The predicted octanol–water partition coefficient (Wildman–Crippen LogP) is 5.62. The van der Waals surface area contributed by atoms with E-state index in [-0.39, 0.29) is 4.83 Å². The van der Waals surface area contributed by atoms with Gasteiger partial charge in [-0.2, -0.15) is 0 Å². The lowest BCUT2D eigenvalue weighted by Crippen LogP contribution is -1.96. The van der Waals surface area contributed by atoms with Crippen LogP contribution in [-0.4, -0.2) is 7.11 Å². The second-order valence-corrected chi connectivity index (χ2v) is 7.27. The average molecular weight is 390 g/mol. The molecule has 2 aromatic rings. The molecule has 0 aliphatic rings. The maximum atomic E-state index is 5.46. The summed E-state index contributed by atoms with van der Waals surface area (Å²) in [7, 11) is 1.71. The zero-order chi connectivity index (χ0) is 13.3. The first-order valence-electron chi connectivity index (χ1n) is 5.57. The molecule has 96 valence electrons. The van der Waals surface area contributed by atoms with Gasteiger partial charge >= 0.3 is 0 Å². The Balaban J connectivity index is 2.45. The predicted molar refractivity (Wildman–Crippen MR) is 85.3 cm³/mol. The highest BCUT2D eigenvalue weighted by molar-refractivity contribution is 9.10. The minimum absolute atomic E-state index is 0.180. The molecule has 0 aliphatic carbocycles. The summed E-state index contributed by atoms with van der Waals surface area (Å²) in [6, 6.07) is 8.36. The molecular formula is C14H14Br2OS. The lowest BCUT2D eigenvalue weighted by atomic mass is 10.1. The summed E-state index contributed by atoms with van der Waals surface area (Å²) < 4.78 is 6.49. The number of hydrogen-bond acceptors (Lipinski definition) is 2. The van der Waals surface area contributed by atoms with Gasteiger partial charge in [0.05, 0.1) is 11.9 Å². The van der Waals surface area contributed by atoms with Crippen molar-refractivity contribution in [3.05, 3.63) is 49.6 Å². The van der Waals surface area contributed by atoms with Gasteiger partial charge in [-0.05, 0) is 37.6 Å². The van der Waals surface area contributed by atoms with Crippen molar-refractivity contribution in [2.24, 2.45) is 0 Å². The molecule has 1 nitrogen and oxygen atoms in total. The van der Waals surface area contributed by atoms with E-state index in [0.717, 1.165) is 15.8 Å². The number of benzene rings is 1. The summed E-state index contributed by atoms with van der Waals surface area (Å²) in [4.78, 5) is 2.86. The molecule has 0 bridgehead atoms. The van der Waals surface area contributed by atoms with Crippen LogP contribution in [0.2, 0.25) is 0 Å². The molecule has 0 saturated heterocycles. The van der Waals surface area contributed by atoms with Gasteiger partial charge in [0.1, 0.15) is 5.75 Å². The molecule has 1 heterocycles. The highest BCUT2D eigenvalue weighted by Crippen LogP contribution is 2.42. The van der Waals surface area contributed by atoms with Crippen LogP contribution >= 0.6 is 43.2 Å². The summed E-state index contributed by atoms with van der Waals surface area (Å²) in [5.74, 6) is 0.900. The number of aryl methyl sites for hydroxylation is 2. The molecule has 1 aromatic heterocycles. The van der Waals surface area contributed by atoms with E-state index in [1.807, 2.05) is 23.5 Å². The van der Waals surface area contributed by atoms with Gasteiger partial charge in [0.25, 0.3) is 0 Å². The van der Waals surface area contributed by atoms with Gasteiger partial charge < -0.3 is 4.74 Å². The molecule has 18 heavy (non-hydrogen) atoms. The van der Waals surface area contributed by atoms with Crippen LogP contribution < -0.4 is 4.74 Å². The van der Waals surface area contributed by atoms with E-state index in [1.165, 1.54) is 15.3 Å². The second-order valence-electron chi connectivity index (χ2n) is 4.15. The molecule has 1 aromatic carbocycles. The van der Waals surface area contributed by atoms with E-state index in [4.69, 9.17) is 4.74 Å². The van der Waals surface area contributed by atoms with E-state index in [2.05, 4.69) is 57.8 Å². The van der Waals surface area contributed by atoms with Crippen LogP contribution in [0.5, 0.6) is 5.75 Å². The molecule has 0 fully saturated rings. The number of methoxy groups -OCH3 is 1. The van der Waals surface area contributed by atoms with Crippen molar-refractivity contribution in [2.75, 3.05) is 7.11 Å². The van der Waals surface area contributed by atoms with Gasteiger partial charge in [-0.3, -0.25) is 0 Å². The van der Waals surface area contributed by atoms with Gasteiger partial charge in [-0.15, -0.1) is 11.3 Å². The minimum Gasteiger partial charge on any atom is -0.496 e. The lowest BCUT2D eigenvalue weighted by molar-refractivity contribution is 0.410. The van der Waals surface area contributed by atoms with E-state index in [1.54, 1.807) is 7.11 Å². The third kappa shape index (κ3) is 2.81. The van der Waals surface area contributed by atoms with Crippen molar-refractivity contribution >= 4 is 43.2 Å². The fourth-order valence-electron chi connectivity index (χ4n) is 1.95. The van der Waals surface area contributed by atoms with Crippen molar-refractivity contribution in [1.29, 1.82) is 0 Å². The monoisotopic (exact) mass is 388 g/mol. The summed E-state index contributed by atoms with van der Waals surface area (Å²) >= 11 is 9.08. The number of alkyl halides is 1. The molecule has 0 N–H and O–H groups in total. The summed E-state index contributed by atoms with van der Waals surface area (Å²) in [6.07, 6.45) is 0. The van der Waals surface area contributed by atoms with Crippen molar-refractivity contribution in [2.45, 2.75) is 18.7 Å². The molecule has 0 amide bonds. The minimum atomic E-state index is 0.180. The fraction of sp³-hybridized carbons (Fsp3) is 0.286. The lowest BCUT2D eigenvalue weighted by Gasteiger charge is -2.14. The number of hydrogen-bond donors (Lipinski definition) is 0. The number of halogens is 2. The van der Waals surface area contributed by atoms with Crippen molar-refractivity contribution < 1.29 is 4.74 Å². The van der Waals surface area contributed by atoms with Gasteiger partial charge in [-0.25, -0.2) is 0 Å². The SMILES string of the molecule is COc1cc(Br)ccc1C(Br)c1sc(C)cc1C. The maximum Gasteiger partial charge on any atom is 0.124 e. The summed E-state index contributed by atoms with van der Waals surface area (Å²) in [5, 5.41) is 0. The van der Waals surface area contributed by atoms with Gasteiger partial charge in [0.2, 0.25) is 0 Å². The topological polar surface area (TPSA) is 9.23 Å². The zero-order valence-electron chi connectivity index (χ0n) is 10.5. The van der Waals surface area contributed by atoms with Crippen LogP contribution in [-0.2, 0) is 0 Å². The molecule has 2 rings (SSSR count). The molecule has 0 aliphatic heterocycles. The number of thiophene rings is 1. The molecule has 0 saturated carbocycles. The molecule has 1 unspecified atom stereocenters. The first-order chi connectivity index (χ1) is 8.52. The van der Waals surface area contributed by atoms with Crippen LogP contribution in [0.3, 0.4) is 0 Å². The van der Waals surface area contributed by atoms with Crippen molar-refractivity contribution in [3.8, 4) is 5.75 Å². The first-order valence-corrected chi connectivity index (χ1v) is 8.10. The van der Waals surface area contributed by atoms with E-state index in [0.29, 0.717) is 0 Å². The standard InChI is InChI=1S/C14H14Br2OS/c1-8-6-9(2)18-14(8)13(16)11-5-4-10(15)7-12(11)17-3/h4-7,13H,1-3H3. The van der Waals surface area contributed by atoms with Crippen LogP contribution in [0.25, 0.3) is 0 Å². The Labute approximate surface area is 128 Å². The summed E-state index contributed by atoms with van der Waals surface area (Å²) in [5.41, 5.74) is 2.48. The fourth-order valence-corrected chi connectivity index (χ4v) is 4.34. The smallest absolute Gasteiger partial charge is 0.124 e. The molecule has 1 atom stereocenters. The molecular weight excluding hydrogens is 376 g/mol. The first kappa shape index (κ1) is 14.1. The van der Waals surface area contributed by atoms with Gasteiger partial charge in [0, 0.05) is 19.8 Å². The number of rotatable bonds is 3. The Kier molecular flexibility index (Phi) is 4.51. The number of ether oxygens (including phenoxy) is 1. The van der Waals surface area contributed by atoms with Gasteiger partial charge in [-0.1, -0.05) is 37.9 Å². The maximum absolute atomic E-state index is 5.46. The normalized spacial score (nSPS) is 12.5. The van der Waals surface area contributed by atoms with Crippen LogP contribution in [0, 0.1) is 13.8 Å². The van der Waals surface area contributed by atoms with Crippen LogP contribution in [0.4, 0.5) is 0 Å². The quantitative estimate of drug-likeness (QED) is 0.619. The van der Waals surface area contributed by atoms with Crippen LogP contribution in [0.15, 0.2) is 28.7 Å². The van der Waals surface area contributed by atoms with E-state index < -0.39 is 0 Å². The van der Waals surface area contributed by atoms with Crippen molar-refractivity contribution in [1.82, 2.24) is 0 Å². The second kappa shape index (κ2) is 5.76. The van der Waals surface area contributed by atoms with E-state index >= 15 is 0 Å². The van der Waals surface area contributed by atoms with Crippen LogP contribution in [0.1, 0.15) is 25.7 Å². The Bertz CT molecular complexity index is 563. The highest BCUT2D eigenvalue weighted by Gasteiger charge is 2.19. The molecule has 0 spiro atoms. The zero-order valence-corrected chi connectivity index (χ0v) is 14.4. The highest BCUT2D eigenvalue weighted by atomic mass is 79.9. The van der Waals surface area contributed by atoms with Crippen molar-refractivity contribution in [3.63, 3.8) is 0 Å². The Hall–Kier alpha value is -0.320. The molecule has 4 heteroatoms.